The van der Waals surface area contributed by atoms with Crippen molar-refractivity contribution in [1.82, 2.24) is 19.8 Å². The maximum absolute atomic E-state index is 14.7. The molecule has 4 aliphatic heterocycles. The van der Waals surface area contributed by atoms with E-state index in [9.17, 15) is 17.6 Å². The van der Waals surface area contributed by atoms with Crippen LogP contribution in [0.3, 0.4) is 0 Å². The van der Waals surface area contributed by atoms with Crippen molar-refractivity contribution in [3.05, 3.63) is 35.8 Å². The average Bonchev–Trinajstić information content (AvgIpc) is 3.36. The van der Waals surface area contributed by atoms with Gasteiger partial charge in [0.05, 0.1) is 31.0 Å². The van der Waals surface area contributed by atoms with Crippen molar-refractivity contribution < 1.29 is 27.0 Å². The first-order chi connectivity index (χ1) is 19.5. The normalized spacial score (nSPS) is 25.9. The first-order valence-corrected chi connectivity index (χ1v) is 14.6. The molecule has 1 aromatic heterocycles. The second-order valence-electron chi connectivity index (χ2n) is 12.4. The Kier molecular flexibility index (Phi) is 7.75. The Morgan fingerprint density at radius 2 is 1.85 bits per heavy atom. The summed E-state index contributed by atoms with van der Waals surface area (Å²) in [6.45, 7) is 8.48. The quantitative estimate of drug-likeness (QED) is 0.421. The number of benzene rings is 1. The zero-order chi connectivity index (χ0) is 28.8. The van der Waals surface area contributed by atoms with E-state index in [-0.39, 0.29) is 40.9 Å². The second-order valence-corrected chi connectivity index (χ2v) is 12.4. The van der Waals surface area contributed by atoms with E-state index in [2.05, 4.69) is 44.2 Å². The Hall–Kier alpha value is -2.70. The van der Waals surface area contributed by atoms with Gasteiger partial charge in [0.1, 0.15) is 11.9 Å². The van der Waals surface area contributed by atoms with Gasteiger partial charge in [0.2, 0.25) is 5.95 Å². The van der Waals surface area contributed by atoms with Crippen LogP contribution in [0.2, 0.25) is 0 Å². The highest BCUT2D eigenvalue weighted by Crippen LogP contribution is 2.40. The highest BCUT2D eigenvalue weighted by molar-refractivity contribution is 5.59. The van der Waals surface area contributed by atoms with Gasteiger partial charge in [-0.25, -0.2) is 9.37 Å². The Labute approximate surface area is 237 Å². The number of fused-ring (bicyclic) bond motifs is 1. The molecule has 0 saturated carbocycles. The van der Waals surface area contributed by atoms with Gasteiger partial charge in [0, 0.05) is 36.4 Å². The van der Waals surface area contributed by atoms with Crippen LogP contribution in [-0.2, 0) is 10.9 Å². The highest BCUT2D eigenvalue weighted by atomic mass is 19.4. The molecule has 2 N–H and O–H groups in total. The van der Waals surface area contributed by atoms with E-state index in [0.29, 0.717) is 38.1 Å². The molecule has 4 saturated heterocycles. The fourth-order valence-electron chi connectivity index (χ4n) is 6.88. The van der Waals surface area contributed by atoms with E-state index in [1.165, 1.54) is 12.1 Å². The maximum atomic E-state index is 14.7. The summed E-state index contributed by atoms with van der Waals surface area (Å²) in [5.74, 6) is -0.735. The number of anilines is 3. The lowest BCUT2D eigenvalue weighted by atomic mass is 9.84. The van der Waals surface area contributed by atoms with Gasteiger partial charge in [-0.3, -0.25) is 9.80 Å². The second kappa shape index (κ2) is 11.2. The summed E-state index contributed by atoms with van der Waals surface area (Å²) in [5.41, 5.74) is -0.743. The Balaban J connectivity index is 1.13. The number of nitrogens with zero attached hydrogens (tertiary/aromatic N) is 4. The zero-order valence-corrected chi connectivity index (χ0v) is 23.5. The largest absolute Gasteiger partial charge is 0.490 e. The van der Waals surface area contributed by atoms with Crippen molar-refractivity contribution in [2.75, 3.05) is 43.5 Å². The molecule has 6 rings (SSSR count). The van der Waals surface area contributed by atoms with Crippen LogP contribution in [0.5, 0.6) is 5.75 Å². The first kappa shape index (κ1) is 28.4. The summed E-state index contributed by atoms with van der Waals surface area (Å²) in [6, 6.07) is 4.72. The number of ether oxygens (including phenoxy) is 2. The van der Waals surface area contributed by atoms with E-state index in [4.69, 9.17) is 9.47 Å². The van der Waals surface area contributed by atoms with Crippen LogP contribution in [-0.4, -0.2) is 82.4 Å². The molecule has 2 atom stereocenters. The summed E-state index contributed by atoms with van der Waals surface area (Å²) >= 11 is 0. The third-order valence-corrected chi connectivity index (χ3v) is 8.99. The monoisotopic (exact) mass is 578 g/mol. The first-order valence-electron chi connectivity index (χ1n) is 14.6. The van der Waals surface area contributed by atoms with E-state index >= 15 is 0 Å². The van der Waals surface area contributed by atoms with Crippen LogP contribution in [0.1, 0.15) is 57.9 Å². The molecule has 4 aliphatic rings. The molecule has 224 valence electrons. The fourth-order valence-corrected chi connectivity index (χ4v) is 6.88. The van der Waals surface area contributed by atoms with Gasteiger partial charge in [-0.05, 0) is 77.1 Å². The van der Waals surface area contributed by atoms with Crippen LogP contribution in [0, 0.1) is 5.82 Å². The predicted molar refractivity (Wildman–Crippen MR) is 147 cm³/mol. The Morgan fingerprint density at radius 3 is 2.56 bits per heavy atom. The number of rotatable bonds is 7. The van der Waals surface area contributed by atoms with Gasteiger partial charge in [-0.1, -0.05) is 0 Å². The molecule has 5 heterocycles. The smallest absolute Gasteiger partial charge is 0.420 e. The summed E-state index contributed by atoms with van der Waals surface area (Å²) in [5, 5.41) is 6.07. The number of nitrogens with one attached hydrogen (secondary N) is 2. The van der Waals surface area contributed by atoms with Crippen LogP contribution in [0.4, 0.5) is 35.0 Å². The SMILES string of the molecule is CC1(C)C[C@H](Nc2nc(Nc3ccc(OC4CCN(C5COC5)CC4)c(C(F)(F)F)c3)ncc2F)C[C@@H]2CCCN21. The molecule has 12 heteroatoms. The van der Waals surface area contributed by atoms with Gasteiger partial charge >= 0.3 is 6.18 Å². The van der Waals surface area contributed by atoms with E-state index in [1.54, 1.807) is 0 Å². The van der Waals surface area contributed by atoms with Crippen LogP contribution >= 0.6 is 0 Å². The van der Waals surface area contributed by atoms with Crippen molar-refractivity contribution in [2.24, 2.45) is 0 Å². The molecule has 41 heavy (non-hydrogen) atoms. The number of aromatic nitrogens is 2. The van der Waals surface area contributed by atoms with E-state index in [0.717, 1.165) is 57.6 Å². The maximum Gasteiger partial charge on any atom is 0.420 e. The molecule has 0 radical (unpaired) electrons. The lowest BCUT2D eigenvalue weighted by molar-refractivity contribution is -0.139. The Bertz CT molecular complexity index is 1230. The van der Waals surface area contributed by atoms with Crippen LogP contribution < -0.4 is 15.4 Å². The van der Waals surface area contributed by atoms with Gasteiger partial charge in [0.25, 0.3) is 0 Å². The van der Waals surface area contributed by atoms with Crippen molar-refractivity contribution in [3.8, 4) is 5.75 Å². The van der Waals surface area contributed by atoms with Gasteiger partial charge in [-0.15, -0.1) is 0 Å². The topological polar surface area (TPSA) is 74.8 Å². The summed E-state index contributed by atoms with van der Waals surface area (Å²) in [7, 11) is 0. The summed E-state index contributed by atoms with van der Waals surface area (Å²) < 4.78 is 68.0. The predicted octanol–water partition coefficient (Wildman–Crippen LogP) is 5.44. The lowest BCUT2D eigenvalue weighted by Gasteiger charge is -2.47. The van der Waals surface area contributed by atoms with Gasteiger partial charge in [0.15, 0.2) is 11.6 Å². The standard InChI is InChI=1S/C29H38F4N6O2/c1-28(2)14-19(12-20-4-3-9-39(20)28)35-26-24(30)15-34-27(37-26)36-18-5-6-25(23(13-18)29(31,32)33)41-22-7-10-38(11-8-22)21-16-40-17-21/h5-6,13,15,19-22H,3-4,7-12,14,16-17H2,1-2H3,(H2,34,35,36,37)/t19-,20+/m1/s1. The van der Waals surface area contributed by atoms with Crippen molar-refractivity contribution >= 4 is 17.5 Å². The van der Waals surface area contributed by atoms with Gasteiger partial charge in [-0.2, -0.15) is 18.2 Å². The highest BCUT2D eigenvalue weighted by Gasteiger charge is 2.43. The number of hydrogen-bond acceptors (Lipinski definition) is 8. The lowest BCUT2D eigenvalue weighted by Crippen LogP contribution is -2.55. The number of halogens is 4. The van der Waals surface area contributed by atoms with Crippen molar-refractivity contribution in [3.63, 3.8) is 0 Å². The number of likely N-dealkylation sites (tertiary alicyclic amines) is 1. The third-order valence-electron chi connectivity index (χ3n) is 8.99. The molecule has 2 aromatic rings. The minimum absolute atomic E-state index is 0.0119. The molecule has 0 amide bonds. The van der Waals surface area contributed by atoms with E-state index < -0.39 is 17.6 Å². The summed E-state index contributed by atoms with van der Waals surface area (Å²) in [6.07, 6.45) is 1.45. The number of hydrogen-bond donors (Lipinski definition) is 2. The Morgan fingerprint density at radius 1 is 1.07 bits per heavy atom. The van der Waals surface area contributed by atoms with Crippen molar-refractivity contribution in [2.45, 2.75) is 88.3 Å². The molecule has 1 aromatic carbocycles. The minimum atomic E-state index is -4.62. The molecule has 0 spiro atoms. The molecule has 0 aliphatic carbocycles. The van der Waals surface area contributed by atoms with Crippen LogP contribution in [0.25, 0.3) is 0 Å². The third kappa shape index (κ3) is 6.24. The zero-order valence-electron chi connectivity index (χ0n) is 23.5. The average molecular weight is 579 g/mol. The molecule has 8 nitrogen and oxygen atoms in total. The number of piperidine rings is 2. The molecule has 0 bridgehead atoms. The molecule has 4 fully saturated rings. The number of alkyl halides is 3. The van der Waals surface area contributed by atoms with Crippen molar-refractivity contribution in [1.29, 1.82) is 0 Å². The minimum Gasteiger partial charge on any atom is -0.490 e. The van der Waals surface area contributed by atoms with Crippen LogP contribution in [0.15, 0.2) is 24.4 Å². The summed E-state index contributed by atoms with van der Waals surface area (Å²) in [4.78, 5) is 13.1. The molecule has 0 unspecified atom stereocenters. The molecular formula is C29H38F4N6O2. The fraction of sp³-hybridized carbons (Fsp3) is 0.655. The van der Waals surface area contributed by atoms with E-state index in [1.807, 2.05) is 0 Å². The molecular weight excluding hydrogens is 540 g/mol. The van der Waals surface area contributed by atoms with Gasteiger partial charge < -0.3 is 20.1 Å².